The minimum absolute atomic E-state index is 0.157. The number of methoxy groups -OCH3 is 2. The summed E-state index contributed by atoms with van der Waals surface area (Å²) in [4.78, 5) is 23.5. The Balaban J connectivity index is 2.10. The predicted molar refractivity (Wildman–Crippen MR) is 107 cm³/mol. The van der Waals surface area contributed by atoms with Gasteiger partial charge in [0, 0.05) is 6.08 Å². The van der Waals surface area contributed by atoms with Crippen molar-refractivity contribution in [2.45, 2.75) is 0 Å². The van der Waals surface area contributed by atoms with Crippen LogP contribution >= 0.6 is 15.9 Å². The van der Waals surface area contributed by atoms with E-state index in [2.05, 4.69) is 20.7 Å². The highest BCUT2D eigenvalue weighted by atomic mass is 79.9. The van der Waals surface area contributed by atoms with Crippen LogP contribution in [0.2, 0.25) is 0 Å². The fraction of sp³-hybridized carbons (Fsp3) is 0.0952. The molecule has 0 aliphatic heterocycles. The van der Waals surface area contributed by atoms with Gasteiger partial charge in [0.1, 0.15) is 23.1 Å². The van der Waals surface area contributed by atoms with E-state index in [-0.39, 0.29) is 11.3 Å². The van der Waals surface area contributed by atoms with E-state index in [0.717, 1.165) is 10.0 Å². The highest BCUT2D eigenvalue weighted by Crippen LogP contribution is 2.26. The van der Waals surface area contributed by atoms with E-state index in [9.17, 15) is 9.59 Å². The van der Waals surface area contributed by atoms with Crippen molar-refractivity contribution in [2.24, 2.45) is 0 Å². The van der Waals surface area contributed by atoms with Gasteiger partial charge >= 0.3 is 11.9 Å². The summed E-state index contributed by atoms with van der Waals surface area (Å²) < 4.78 is 15.7. The normalized spacial score (nSPS) is 11.0. The Morgan fingerprint density at radius 3 is 2.54 bits per heavy atom. The van der Waals surface area contributed by atoms with Gasteiger partial charge in [-0.25, -0.2) is 9.59 Å². The second-order valence-corrected chi connectivity index (χ2v) is 6.24. The van der Waals surface area contributed by atoms with E-state index < -0.39 is 11.9 Å². The molecule has 0 heterocycles. The van der Waals surface area contributed by atoms with Crippen LogP contribution in [-0.2, 0) is 14.3 Å². The number of nitriles is 1. The SMILES string of the molecule is COC(=O)/C(C#N)=C/c1cccc(OC(=O)/C=C/c2ccc(OC)c(Br)c2)c1. The van der Waals surface area contributed by atoms with E-state index in [1.165, 1.54) is 25.3 Å². The lowest BCUT2D eigenvalue weighted by atomic mass is 10.1. The predicted octanol–water partition coefficient (Wildman–Crippen LogP) is 4.16. The molecule has 0 spiro atoms. The molecule has 0 fully saturated rings. The Morgan fingerprint density at radius 1 is 1.11 bits per heavy atom. The Labute approximate surface area is 170 Å². The maximum atomic E-state index is 12.1. The van der Waals surface area contributed by atoms with Crippen LogP contribution in [0.5, 0.6) is 11.5 Å². The number of hydrogen-bond acceptors (Lipinski definition) is 6. The van der Waals surface area contributed by atoms with Gasteiger partial charge in [-0.2, -0.15) is 5.26 Å². The van der Waals surface area contributed by atoms with Crippen molar-refractivity contribution in [3.8, 4) is 17.6 Å². The van der Waals surface area contributed by atoms with Crippen molar-refractivity contribution in [1.29, 1.82) is 5.26 Å². The van der Waals surface area contributed by atoms with Crippen LogP contribution in [0.4, 0.5) is 0 Å². The summed E-state index contributed by atoms with van der Waals surface area (Å²) >= 11 is 3.38. The molecule has 2 aromatic carbocycles. The van der Waals surface area contributed by atoms with Crippen molar-refractivity contribution in [3.05, 3.63) is 69.7 Å². The molecule has 0 aliphatic carbocycles. The standard InChI is InChI=1S/C21H16BrNO5/c1-26-19-8-6-14(12-18(19)22)7-9-20(24)28-17-5-3-4-15(11-17)10-16(13-23)21(25)27-2/h3-12H,1-2H3/b9-7+,16-10+. The average Bonchev–Trinajstić information content (AvgIpc) is 2.70. The Kier molecular flexibility index (Phi) is 7.55. The lowest BCUT2D eigenvalue weighted by Crippen LogP contribution is -2.04. The second kappa shape index (κ2) is 10.1. The molecule has 2 rings (SSSR count). The number of ether oxygens (including phenoxy) is 3. The third kappa shape index (κ3) is 5.83. The van der Waals surface area contributed by atoms with Crippen LogP contribution in [0.1, 0.15) is 11.1 Å². The molecule has 28 heavy (non-hydrogen) atoms. The zero-order valence-corrected chi connectivity index (χ0v) is 16.7. The molecule has 0 bridgehead atoms. The summed E-state index contributed by atoms with van der Waals surface area (Å²) in [6.45, 7) is 0. The smallest absolute Gasteiger partial charge is 0.348 e. The quantitative estimate of drug-likeness (QED) is 0.289. The van der Waals surface area contributed by atoms with Gasteiger partial charge in [0.2, 0.25) is 0 Å². The molecular weight excluding hydrogens is 426 g/mol. The Hall–Kier alpha value is -3.37. The van der Waals surface area contributed by atoms with Crippen LogP contribution in [-0.4, -0.2) is 26.2 Å². The molecular formula is C21H16BrNO5. The Morgan fingerprint density at radius 2 is 1.89 bits per heavy atom. The first kappa shape index (κ1) is 20.9. The fourth-order valence-corrected chi connectivity index (χ4v) is 2.74. The molecule has 7 heteroatoms. The van der Waals surface area contributed by atoms with Gasteiger partial charge in [-0.15, -0.1) is 0 Å². The molecule has 2 aromatic rings. The zero-order chi connectivity index (χ0) is 20.5. The molecule has 142 valence electrons. The highest BCUT2D eigenvalue weighted by Gasteiger charge is 2.09. The molecule has 0 atom stereocenters. The van der Waals surface area contributed by atoms with Crippen LogP contribution < -0.4 is 9.47 Å². The average molecular weight is 442 g/mol. The number of nitrogens with zero attached hydrogens (tertiary/aromatic N) is 1. The summed E-state index contributed by atoms with van der Waals surface area (Å²) in [5, 5.41) is 9.01. The zero-order valence-electron chi connectivity index (χ0n) is 15.1. The highest BCUT2D eigenvalue weighted by molar-refractivity contribution is 9.10. The molecule has 0 aromatic heterocycles. The molecule has 0 aliphatic rings. The molecule has 0 saturated carbocycles. The molecule has 0 amide bonds. The monoisotopic (exact) mass is 441 g/mol. The van der Waals surface area contributed by atoms with Gasteiger partial charge in [0.05, 0.1) is 18.7 Å². The number of rotatable bonds is 6. The van der Waals surface area contributed by atoms with Gasteiger partial charge in [0.25, 0.3) is 0 Å². The van der Waals surface area contributed by atoms with Crippen molar-refractivity contribution in [3.63, 3.8) is 0 Å². The number of carbonyl (C=O) groups excluding carboxylic acids is 2. The lowest BCUT2D eigenvalue weighted by Gasteiger charge is -2.04. The molecule has 0 radical (unpaired) electrons. The van der Waals surface area contributed by atoms with E-state index in [4.69, 9.17) is 14.7 Å². The summed E-state index contributed by atoms with van der Waals surface area (Å²) in [7, 11) is 2.76. The van der Waals surface area contributed by atoms with Crippen LogP contribution in [0, 0.1) is 11.3 Å². The van der Waals surface area contributed by atoms with Gasteiger partial charge < -0.3 is 14.2 Å². The molecule has 0 saturated heterocycles. The molecule has 0 unspecified atom stereocenters. The van der Waals surface area contributed by atoms with Crippen LogP contribution in [0.15, 0.2) is 58.6 Å². The summed E-state index contributed by atoms with van der Waals surface area (Å²) in [6, 6.07) is 13.6. The Bertz CT molecular complexity index is 989. The largest absolute Gasteiger partial charge is 0.496 e. The lowest BCUT2D eigenvalue weighted by molar-refractivity contribution is -0.135. The number of esters is 2. The summed E-state index contributed by atoms with van der Waals surface area (Å²) in [5.41, 5.74) is 1.16. The third-order valence-corrected chi connectivity index (χ3v) is 4.12. The third-order valence-electron chi connectivity index (χ3n) is 3.50. The first-order valence-electron chi connectivity index (χ1n) is 8.00. The van der Waals surface area contributed by atoms with Crippen LogP contribution in [0.25, 0.3) is 12.2 Å². The van der Waals surface area contributed by atoms with Crippen molar-refractivity contribution < 1.29 is 23.8 Å². The van der Waals surface area contributed by atoms with Gasteiger partial charge in [0.15, 0.2) is 0 Å². The number of halogens is 1. The number of carbonyl (C=O) groups is 2. The number of benzene rings is 2. The van der Waals surface area contributed by atoms with Gasteiger partial charge in [-0.3, -0.25) is 0 Å². The second-order valence-electron chi connectivity index (χ2n) is 5.38. The maximum absolute atomic E-state index is 12.1. The van der Waals surface area contributed by atoms with Crippen molar-refractivity contribution >= 4 is 40.0 Å². The molecule has 0 N–H and O–H groups in total. The van der Waals surface area contributed by atoms with Gasteiger partial charge in [-0.05, 0) is 63.5 Å². The summed E-state index contributed by atoms with van der Waals surface area (Å²) in [5.74, 6) is -0.338. The fourth-order valence-electron chi connectivity index (χ4n) is 2.18. The first-order chi connectivity index (χ1) is 13.5. The van der Waals surface area contributed by atoms with E-state index in [0.29, 0.717) is 11.3 Å². The van der Waals surface area contributed by atoms with Crippen molar-refractivity contribution in [2.75, 3.05) is 14.2 Å². The minimum Gasteiger partial charge on any atom is -0.496 e. The first-order valence-corrected chi connectivity index (χ1v) is 8.79. The van der Waals surface area contributed by atoms with E-state index in [1.807, 2.05) is 6.07 Å². The summed E-state index contributed by atoms with van der Waals surface area (Å²) in [6.07, 6.45) is 4.27. The number of hydrogen-bond donors (Lipinski definition) is 0. The topological polar surface area (TPSA) is 85.6 Å². The van der Waals surface area contributed by atoms with E-state index >= 15 is 0 Å². The van der Waals surface area contributed by atoms with Gasteiger partial charge in [-0.1, -0.05) is 18.2 Å². The maximum Gasteiger partial charge on any atom is 0.348 e. The van der Waals surface area contributed by atoms with E-state index in [1.54, 1.807) is 49.6 Å². The van der Waals surface area contributed by atoms with Crippen molar-refractivity contribution in [1.82, 2.24) is 0 Å². The molecule has 6 nitrogen and oxygen atoms in total. The van der Waals surface area contributed by atoms with Crippen LogP contribution in [0.3, 0.4) is 0 Å². The minimum atomic E-state index is -0.738.